The second-order valence-electron chi connectivity index (χ2n) is 3.71. The molecule has 0 saturated heterocycles. The first-order valence-electron chi connectivity index (χ1n) is 5.50. The van der Waals surface area contributed by atoms with Crippen molar-refractivity contribution in [1.29, 1.82) is 0 Å². The molecule has 2 rings (SSSR count). The molecule has 2 aromatic rings. The van der Waals surface area contributed by atoms with Gasteiger partial charge in [-0.2, -0.15) is 0 Å². The summed E-state index contributed by atoms with van der Waals surface area (Å²) in [6.07, 6.45) is 6.21. The van der Waals surface area contributed by atoms with Gasteiger partial charge < -0.3 is 5.32 Å². The molecule has 0 spiro atoms. The van der Waals surface area contributed by atoms with E-state index in [9.17, 15) is 4.79 Å². The molecule has 0 fully saturated rings. The average molecular weight is 293 g/mol. The maximum atomic E-state index is 11.7. The fourth-order valence-corrected chi connectivity index (χ4v) is 1.81. The molecule has 0 unspecified atom stereocenters. The maximum Gasteiger partial charge on any atom is 0.248 e. The molecule has 1 amide bonds. The van der Waals surface area contributed by atoms with E-state index >= 15 is 0 Å². The van der Waals surface area contributed by atoms with Crippen LogP contribution in [0.2, 0.25) is 10.0 Å². The van der Waals surface area contributed by atoms with Crippen molar-refractivity contribution in [2.24, 2.45) is 0 Å². The van der Waals surface area contributed by atoms with Gasteiger partial charge in [-0.05, 0) is 29.8 Å². The number of hydrogen-bond donors (Lipinski definition) is 1. The van der Waals surface area contributed by atoms with E-state index in [0.29, 0.717) is 21.3 Å². The first-order chi connectivity index (χ1) is 9.16. The smallest absolute Gasteiger partial charge is 0.248 e. The van der Waals surface area contributed by atoms with Crippen LogP contribution in [0.1, 0.15) is 5.56 Å². The second kappa shape index (κ2) is 6.36. The third kappa shape index (κ3) is 3.81. The normalized spacial score (nSPS) is 10.6. The van der Waals surface area contributed by atoms with Gasteiger partial charge in [0.2, 0.25) is 5.91 Å². The number of carbonyl (C=O) groups is 1. The van der Waals surface area contributed by atoms with Crippen LogP contribution < -0.4 is 5.32 Å². The van der Waals surface area contributed by atoms with Crippen molar-refractivity contribution in [3.63, 3.8) is 0 Å². The largest absolute Gasteiger partial charge is 0.321 e. The topological polar surface area (TPSA) is 42.0 Å². The molecule has 19 heavy (non-hydrogen) atoms. The Hall–Kier alpha value is -1.84. The van der Waals surface area contributed by atoms with E-state index in [0.717, 1.165) is 0 Å². The second-order valence-corrected chi connectivity index (χ2v) is 4.49. The van der Waals surface area contributed by atoms with Gasteiger partial charge in [-0.3, -0.25) is 9.78 Å². The van der Waals surface area contributed by atoms with Crippen molar-refractivity contribution in [3.05, 3.63) is 64.4 Å². The molecule has 1 aromatic carbocycles. The number of pyridine rings is 1. The van der Waals surface area contributed by atoms with Crippen molar-refractivity contribution in [3.8, 4) is 0 Å². The van der Waals surface area contributed by atoms with Crippen LogP contribution in [0.3, 0.4) is 0 Å². The van der Waals surface area contributed by atoms with Crippen LogP contribution in [-0.2, 0) is 4.79 Å². The first-order valence-corrected chi connectivity index (χ1v) is 6.25. The van der Waals surface area contributed by atoms with E-state index in [1.807, 2.05) is 0 Å². The number of rotatable bonds is 3. The summed E-state index contributed by atoms with van der Waals surface area (Å²) in [5.74, 6) is -0.260. The summed E-state index contributed by atoms with van der Waals surface area (Å²) < 4.78 is 0. The predicted molar refractivity (Wildman–Crippen MR) is 78.4 cm³/mol. The zero-order valence-corrected chi connectivity index (χ0v) is 11.3. The highest BCUT2D eigenvalue weighted by Gasteiger charge is 2.02. The summed E-state index contributed by atoms with van der Waals surface area (Å²) in [4.78, 5) is 15.6. The van der Waals surface area contributed by atoms with Crippen LogP contribution in [0.15, 0.2) is 48.8 Å². The average Bonchev–Trinajstić information content (AvgIpc) is 2.42. The van der Waals surface area contributed by atoms with Crippen molar-refractivity contribution in [2.45, 2.75) is 0 Å². The Morgan fingerprint density at radius 1 is 1.21 bits per heavy atom. The minimum Gasteiger partial charge on any atom is -0.321 e. The molecule has 0 aliphatic rings. The van der Waals surface area contributed by atoms with Crippen molar-refractivity contribution >= 4 is 40.9 Å². The van der Waals surface area contributed by atoms with E-state index in [1.54, 1.807) is 48.8 Å². The van der Waals surface area contributed by atoms with Crippen LogP contribution in [0, 0.1) is 0 Å². The number of nitrogens with zero attached hydrogens (tertiary/aromatic N) is 1. The van der Waals surface area contributed by atoms with Gasteiger partial charge in [0.05, 0.1) is 21.9 Å². The van der Waals surface area contributed by atoms with E-state index in [-0.39, 0.29) is 5.91 Å². The number of benzene rings is 1. The van der Waals surface area contributed by atoms with Gasteiger partial charge in [0, 0.05) is 12.3 Å². The third-order valence-corrected chi connectivity index (χ3v) is 3.16. The summed E-state index contributed by atoms with van der Waals surface area (Å²) in [5, 5.41) is 3.56. The molecule has 0 saturated carbocycles. The summed E-state index contributed by atoms with van der Waals surface area (Å²) >= 11 is 11.9. The monoisotopic (exact) mass is 292 g/mol. The first kappa shape index (κ1) is 13.6. The Morgan fingerprint density at radius 3 is 2.79 bits per heavy atom. The van der Waals surface area contributed by atoms with Gasteiger partial charge in [-0.1, -0.05) is 35.3 Å². The quantitative estimate of drug-likeness (QED) is 0.868. The van der Waals surface area contributed by atoms with E-state index in [4.69, 9.17) is 23.2 Å². The Bertz CT molecular complexity index is 612. The fraction of sp³-hybridized carbons (Fsp3) is 0. The lowest BCUT2D eigenvalue weighted by atomic mass is 10.2. The van der Waals surface area contributed by atoms with Gasteiger partial charge in [-0.25, -0.2) is 0 Å². The van der Waals surface area contributed by atoms with E-state index in [2.05, 4.69) is 10.3 Å². The Morgan fingerprint density at radius 2 is 2.05 bits per heavy atom. The van der Waals surface area contributed by atoms with Crippen LogP contribution >= 0.6 is 23.2 Å². The molecular weight excluding hydrogens is 283 g/mol. The molecule has 0 atom stereocenters. The van der Waals surface area contributed by atoms with Crippen LogP contribution in [-0.4, -0.2) is 10.9 Å². The van der Waals surface area contributed by atoms with Crippen LogP contribution in [0.5, 0.6) is 0 Å². The lowest BCUT2D eigenvalue weighted by Crippen LogP contribution is -2.07. The maximum absolute atomic E-state index is 11.7. The number of hydrogen-bond acceptors (Lipinski definition) is 2. The zero-order chi connectivity index (χ0) is 13.7. The molecule has 5 heteroatoms. The highest BCUT2D eigenvalue weighted by molar-refractivity contribution is 6.42. The highest BCUT2D eigenvalue weighted by atomic mass is 35.5. The highest BCUT2D eigenvalue weighted by Crippen LogP contribution is 2.26. The molecule has 1 heterocycles. The molecule has 1 N–H and O–H groups in total. The molecular formula is C14H10Cl2N2O. The minimum atomic E-state index is -0.260. The Balaban J connectivity index is 2.06. The predicted octanol–water partition coefficient (Wildman–Crippen LogP) is 4.04. The van der Waals surface area contributed by atoms with Crippen LogP contribution in [0.4, 0.5) is 5.69 Å². The number of anilines is 1. The summed E-state index contributed by atoms with van der Waals surface area (Å²) in [5.41, 5.74) is 1.32. The summed E-state index contributed by atoms with van der Waals surface area (Å²) in [6, 6.07) is 8.74. The van der Waals surface area contributed by atoms with Crippen molar-refractivity contribution in [1.82, 2.24) is 4.98 Å². The molecule has 0 aliphatic heterocycles. The molecule has 3 nitrogen and oxygen atoms in total. The van der Waals surface area contributed by atoms with Gasteiger partial charge >= 0.3 is 0 Å². The number of amides is 1. The van der Waals surface area contributed by atoms with Crippen molar-refractivity contribution in [2.75, 3.05) is 5.32 Å². The van der Waals surface area contributed by atoms with Crippen molar-refractivity contribution < 1.29 is 4.79 Å². The Labute approximate surface area is 120 Å². The number of nitrogens with one attached hydrogen (secondary N) is 1. The number of carbonyl (C=O) groups excluding carboxylic acids is 1. The minimum absolute atomic E-state index is 0.260. The fourth-order valence-electron chi connectivity index (χ4n) is 1.44. The number of halogens is 2. The SMILES string of the molecule is O=C(/C=C/c1cccc(Cl)c1Cl)Nc1cccnc1. The Kier molecular flexibility index (Phi) is 4.55. The molecule has 0 bridgehead atoms. The third-order valence-electron chi connectivity index (χ3n) is 2.32. The molecule has 0 aliphatic carbocycles. The molecule has 1 aromatic heterocycles. The zero-order valence-electron chi connectivity index (χ0n) is 9.81. The summed E-state index contributed by atoms with van der Waals surface area (Å²) in [6.45, 7) is 0. The number of aromatic nitrogens is 1. The lowest BCUT2D eigenvalue weighted by Gasteiger charge is -2.01. The van der Waals surface area contributed by atoms with E-state index < -0.39 is 0 Å². The molecule has 0 radical (unpaired) electrons. The van der Waals surface area contributed by atoms with Gasteiger partial charge in [0.25, 0.3) is 0 Å². The molecule has 96 valence electrons. The van der Waals surface area contributed by atoms with Gasteiger partial charge in [0.15, 0.2) is 0 Å². The van der Waals surface area contributed by atoms with Gasteiger partial charge in [-0.15, -0.1) is 0 Å². The van der Waals surface area contributed by atoms with Crippen LogP contribution in [0.25, 0.3) is 6.08 Å². The van der Waals surface area contributed by atoms with E-state index in [1.165, 1.54) is 6.08 Å². The van der Waals surface area contributed by atoms with Gasteiger partial charge in [0.1, 0.15) is 0 Å². The summed E-state index contributed by atoms with van der Waals surface area (Å²) in [7, 11) is 0. The lowest BCUT2D eigenvalue weighted by molar-refractivity contribution is -0.111. The standard InChI is InChI=1S/C14H10Cl2N2O/c15-12-5-1-3-10(14(12)16)6-7-13(19)18-11-4-2-8-17-9-11/h1-9H,(H,18,19)/b7-6+.